The van der Waals surface area contributed by atoms with E-state index < -0.39 is 30.5 Å². The lowest BCUT2D eigenvalue weighted by Crippen LogP contribution is -2.51. The summed E-state index contributed by atoms with van der Waals surface area (Å²) in [5.74, 6) is -0.805. The highest BCUT2D eigenvalue weighted by atomic mass is 35.5. The number of aromatic nitrogens is 1. The van der Waals surface area contributed by atoms with E-state index in [2.05, 4.69) is 13.8 Å². The number of oxazole rings is 1. The van der Waals surface area contributed by atoms with Crippen LogP contribution in [0.15, 0.2) is 21.3 Å². The van der Waals surface area contributed by atoms with Gasteiger partial charge in [-0.3, -0.25) is 9.36 Å². The van der Waals surface area contributed by atoms with Crippen molar-refractivity contribution in [2.24, 2.45) is 11.7 Å². The summed E-state index contributed by atoms with van der Waals surface area (Å²) in [5, 5.41) is 18.7. The number of benzene rings is 1. The number of nitrogens with zero attached hydrogens (tertiary/aromatic N) is 1. The van der Waals surface area contributed by atoms with Gasteiger partial charge in [0.25, 0.3) is 0 Å². The van der Waals surface area contributed by atoms with E-state index in [1.54, 1.807) is 12.1 Å². The first-order valence-electron chi connectivity index (χ1n) is 8.67. The van der Waals surface area contributed by atoms with Crippen LogP contribution in [0, 0.1) is 5.92 Å². The molecular weight excluding hydrogens is 376 g/mol. The van der Waals surface area contributed by atoms with Gasteiger partial charge in [-0.25, -0.2) is 4.79 Å². The van der Waals surface area contributed by atoms with Crippen LogP contribution in [0.3, 0.4) is 0 Å². The first-order chi connectivity index (χ1) is 12.7. The molecule has 0 aliphatic rings. The van der Waals surface area contributed by atoms with Crippen LogP contribution in [-0.4, -0.2) is 46.1 Å². The molecule has 9 heteroatoms. The summed E-state index contributed by atoms with van der Waals surface area (Å²) in [4.78, 5) is 24.0. The number of aliphatic hydroxyl groups is 2. The first kappa shape index (κ1) is 21.4. The van der Waals surface area contributed by atoms with Crippen molar-refractivity contribution in [2.75, 3.05) is 19.8 Å². The fraction of sp³-hybridized carbons (Fsp3) is 0.556. The molecule has 150 valence electrons. The Morgan fingerprint density at radius 2 is 2.04 bits per heavy atom. The molecule has 0 unspecified atom stereocenters. The molecule has 0 saturated heterocycles. The zero-order chi connectivity index (χ0) is 20.2. The quantitative estimate of drug-likeness (QED) is 0.537. The minimum Gasteiger partial charge on any atom is -0.463 e. The smallest absolute Gasteiger partial charge is 0.419 e. The standard InChI is InChI=1S/C18H25ClN2O6/c1-11(2)5-12-6-15-14(7-13(12)19)21(17(25)27-15)4-3-16(24)26-10-18(20,8-22)9-23/h6-7,11,22-23H,3-5,8-10,20H2,1-2H3. The normalized spacial score (nSPS) is 12.1. The van der Waals surface area contributed by atoms with Crippen LogP contribution in [-0.2, 0) is 22.5 Å². The average molecular weight is 401 g/mol. The number of carbonyl (C=O) groups is 1. The maximum Gasteiger partial charge on any atom is 0.419 e. The lowest BCUT2D eigenvalue weighted by Gasteiger charge is -2.23. The first-order valence-corrected chi connectivity index (χ1v) is 9.05. The monoisotopic (exact) mass is 400 g/mol. The summed E-state index contributed by atoms with van der Waals surface area (Å²) in [7, 11) is 0. The average Bonchev–Trinajstić information content (AvgIpc) is 2.92. The molecule has 2 rings (SSSR count). The molecule has 4 N–H and O–H groups in total. The number of hydrogen-bond donors (Lipinski definition) is 3. The van der Waals surface area contributed by atoms with Crippen LogP contribution in [0.2, 0.25) is 5.02 Å². The Morgan fingerprint density at radius 3 is 2.63 bits per heavy atom. The van der Waals surface area contributed by atoms with Gasteiger partial charge >= 0.3 is 11.7 Å². The summed E-state index contributed by atoms with van der Waals surface area (Å²) in [6.07, 6.45) is 0.652. The molecule has 0 amide bonds. The topological polar surface area (TPSA) is 128 Å². The predicted molar refractivity (Wildman–Crippen MR) is 101 cm³/mol. The number of esters is 1. The van der Waals surface area contributed by atoms with Crippen LogP contribution in [0.5, 0.6) is 0 Å². The van der Waals surface area contributed by atoms with E-state index >= 15 is 0 Å². The van der Waals surface area contributed by atoms with Gasteiger partial charge in [0.1, 0.15) is 6.61 Å². The molecule has 0 fully saturated rings. The number of ether oxygens (including phenoxy) is 1. The summed E-state index contributed by atoms with van der Waals surface area (Å²) < 4.78 is 11.6. The molecule has 0 aliphatic carbocycles. The van der Waals surface area contributed by atoms with Crippen LogP contribution in [0.4, 0.5) is 0 Å². The lowest BCUT2D eigenvalue weighted by molar-refractivity contribution is -0.146. The minimum atomic E-state index is -1.39. The maximum atomic E-state index is 12.1. The van der Waals surface area contributed by atoms with Gasteiger partial charge < -0.3 is 25.1 Å². The van der Waals surface area contributed by atoms with E-state index in [1.165, 1.54) is 4.57 Å². The molecular formula is C18H25ClN2O6. The second kappa shape index (κ2) is 8.88. The SMILES string of the molecule is CC(C)Cc1cc2oc(=O)n(CCC(=O)OCC(N)(CO)CO)c2cc1Cl. The van der Waals surface area contributed by atoms with E-state index in [0.29, 0.717) is 22.0 Å². The Bertz CT molecular complexity index is 853. The highest BCUT2D eigenvalue weighted by Crippen LogP contribution is 2.26. The maximum absolute atomic E-state index is 12.1. The van der Waals surface area contributed by atoms with Crippen molar-refractivity contribution in [3.05, 3.63) is 33.3 Å². The van der Waals surface area contributed by atoms with Gasteiger partial charge in [0.2, 0.25) is 0 Å². The second-order valence-corrected chi connectivity index (χ2v) is 7.53. The summed E-state index contributed by atoms with van der Waals surface area (Å²) in [5.41, 5.74) is 6.05. The Hall–Kier alpha value is -1.87. The molecule has 1 aromatic carbocycles. The second-order valence-electron chi connectivity index (χ2n) is 7.12. The number of carbonyl (C=O) groups excluding carboxylic acids is 1. The molecule has 0 radical (unpaired) electrons. The van der Waals surface area contributed by atoms with Crippen LogP contribution >= 0.6 is 11.6 Å². The summed E-state index contributed by atoms with van der Waals surface area (Å²) in [6.45, 7) is 2.79. The predicted octanol–water partition coefficient (Wildman–Crippen LogP) is 1.06. The minimum absolute atomic E-state index is 0.0420. The molecule has 2 aromatic rings. The number of aliphatic hydroxyl groups excluding tert-OH is 2. The van der Waals surface area contributed by atoms with Gasteiger partial charge in [-0.05, 0) is 30.0 Å². The number of nitrogens with two attached hydrogens (primary N) is 1. The Balaban J connectivity index is 2.10. The zero-order valence-corrected chi connectivity index (χ0v) is 16.2. The lowest BCUT2D eigenvalue weighted by atomic mass is 10.0. The van der Waals surface area contributed by atoms with Gasteiger partial charge in [0.15, 0.2) is 5.58 Å². The number of fused-ring (bicyclic) bond motifs is 1. The molecule has 1 heterocycles. The van der Waals surface area contributed by atoms with Crippen LogP contribution < -0.4 is 11.5 Å². The van der Waals surface area contributed by atoms with Gasteiger partial charge in [-0.2, -0.15) is 0 Å². The molecule has 0 aliphatic heterocycles. The number of aryl methyl sites for hydroxylation is 1. The fourth-order valence-corrected chi connectivity index (χ4v) is 2.81. The number of halogens is 1. The summed E-state index contributed by atoms with van der Waals surface area (Å²) >= 11 is 6.31. The third-order valence-electron chi connectivity index (χ3n) is 4.15. The molecule has 0 bridgehead atoms. The summed E-state index contributed by atoms with van der Waals surface area (Å²) in [6, 6.07) is 3.41. The number of rotatable bonds is 9. The van der Waals surface area contributed by atoms with Crippen molar-refractivity contribution in [3.8, 4) is 0 Å². The zero-order valence-electron chi connectivity index (χ0n) is 15.4. The van der Waals surface area contributed by atoms with Crippen molar-refractivity contribution in [1.82, 2.24) is 4.57 Å². The largest absolute Gasteiger partial charge is 0.463 e. The third kappa shape index (κ3) is 5.32. The Labute approximate surface area is 161 Å². The van der Waals surface area contributed by atoms with Gasteiger partial charge in [-0.15, -0.1) is 0 Å². The van der Waals surface area contributed by atoms with Crippen LogP contribution in [0.25, 0.3) is 11.1 Å². The van der Waals surface area contributed by atoms with E-state index in [1.807, 2.05) is 0 Å². The van der Waals surface area contributed by atoms with Crippen molar-refractivity contribution in [3.63, 3.8) is 0 Å². The third-order valence-corrected chi connectivity index (χ3v) is 4.51. The van der Waals surface area contributed by atoms with Gasteiger partial charge in [-0.1, -0.05) is 25.4 Å². The van der Waals surface area contributed by atoms with Crippen molar-refractivity contribution in [2.45, 2.75) is 38.8 Å². The highest BCUT2D eigenvalue weighted by molar-refractivity contribution is 6.32. The molecule has 27 heavy (non-hydrogen) atoms. The van der Waals surface area contributed by atoms with Crippen molar-refractivity contribution >= 4 is 28.7 Å². The van der Waals surface area contributed by atoms with Crippen LogP contribution in [0.1, 0.15) is 25.8 Å². The Morgan fingerprint density at radius 1 is 1.37 bits per heavy atom. The van der Waals surface area contributed by atoms with Crippen molar-refractivity contribution < 1.29 is 24.2 Å². The van der Waals surface area contributed by atoms with Crippen molar-refractivity contribution in [1.29, 1.82) is 0 Å². The molecule has 0 saturated carbocycles. The van der Waals surface area contributed by atoms with E-state index in [9.17, 15) is 9.59 Å². The highest BCUT2D eigenvalue weighted by Gasteiger charge is 2.25. The molecule has 8 nitrogen and oxygen atoms in total. The number of hydrogen-bond acceptors (Lipinski definition) is 7. The molecule has 1 aromatic heterocycles. The van der Waals surface area contributed by atoms with Gasteiger partial charge in [0, 0.05) is 11.6 Å². The Kier molecular flexibility index (Phi) is 7.05. The van der Waals surface area contributed by atoms with E-state index in [4.69, 9.17) is 36.7 Å². The van der Waals surface area contributed by atoms with Gasteiger partial charge in [0.05, 0.1) is 30.7 Å². The van der Waals surface area contributed by atoms with E-state index in [0.717, 1.165) is 12.0 Å². The van der Waals surface area contributed by atoms with E-state index in [-0.39, 0.29) is 19.6 Å². The molecule has 0 atom stereocenters. The fourth-order valence-electron chi connectivity index (χ4n) is 2.57. The molecule has 0 spiro atoms.